The van der Waals surface area contributed by atoms with E-state index < -0.39 is 15.7 Å². The first-order chi connectivity index (χ1) is 13.6. The molecule has 10 heteroatoms. The molecule has 8 nitrogen and oxygen atoms in total. The van der Waals surface area contributed by atoms with Gasteiger partial charge in [-0.25, -0.2) is 8.42 Å². The van der Waals surface area contributed by atoms with E-state index in [9.17, 15) is 13.2 Å². The van der Waals surface area contributed by atoms with Crippen molar-refractivity contribution >= 4 is 33.0 Å². The summed E-state index contributed by atoms with van der Waals surface area (Å²) < 4.78 is 30.8. The van der Waals surface area contributed by atoms with Crippen molar-refractivity contribution in [3.05, 3.63) is 41.0 Å². The molecule has 154 valence electrons. The SMILES string of the molecule is CC(C)(C)c1cc(NC(=O)c2cc(-c3cccs3)n(C3CCS(=O)(=O)C3)n2)on1. The number of hydrogen-bond donors (Lipinski definition) is 1. The fraction of sp³-hybridized carbons (Fsp3) is 0.421. The summed E-state index contributed by atoms with van der Waals surface area (Å²) in [5, 5.41) is 13.1. The van der Waals surface area contributed by atoms with Crippen LogP contribution in [0.3, 0.4) is 0 Å². The van der Waals surface area contributed by atoms with Gasteiger partial charge in [0, 0.05) is 11.5 Å². The molecule has 0 saturated carbocycles. The van der Waals surface area contributed by atoms with Crippen LogP contribution in [-0.2, 0) is 15.3 Å². The maximum absolute atomic E-state index is 12.8. The highest BCUT2D eigenvalue weighted by molar-refractivity contribution is 7.91. The summed E-state index contributed by atoms with van der Waals surface area (Å²) >= 11 is 1.51. The molecule has 4 heterocycles. The van der Waals surface area contributed by atoms with Crippen molar-refractivity contribution in [3.8, 4) is 10.6 Å². The van der Waals surface area contributed by atoms with Gasteiger partial charge in [0.05, 0.1) is 33.8 Å². The fourth-order valence-corrected chi connectivity index (χ4v) is 5.65. The van der Waals surface area contributed by atoms with Gasteiger partial charge in [-0.15, -0.1) is 11.3 Å². The minimum absolute atomic E-state index is 0.0329. The summed E-state index contributed by atoms with van der Waals surface area (Å²) in [7, 11) is -3.08. The van der Waals surface area contributed by atoms with E-state index in [1.807, 2.05) is 38.3 Å². The fourth-order valence-electron chi connectivity index (χ4n) is 3.22. The lowest BCUT2D eigenvalue weighted by atomic mass is 9.92. The van der Waals surface area contributed by atoms with Gasteiger partial charge in [0.15, 0.2) is 15.5 Å². The Morgan fingerprint density at radius 3 is 2.72 bits per heavy atom. The van der Waals surface area contributed by atoms with Crippen molar-refractivity contribution in [2.45, 2.75) is 38.6 Å². The predicted molar refractivity (Wildman–Crippen MR) is 111 cm³/mol. The topological polar surface area (TPSA) is 107 Å². The number of carbonyl (C=O) groups is 1. The summed E-state index contributed by atoms with van der Waals surface area (Å²) in [6, 6.07) is 6.93. The van der Waals surface area contributed by atoms with E-state index in [4.69, 9.17) is 4.52 Å². The number of amides is 1. The molecule has 4 rings (SSSR count). The summed E-state index contributed by atoms with van der Waals surface area (Å²) in [5.74, 6) is -0.0171. The summed E-state index contributed by atoms with van der Waals surface area (Å²) in [6.07, 6.45) is 0.487. The maximum atomic E-state index is 12.8. The van der Waals surface area contributed by atoms with Crippen LogP contribution in [0.1, 0.15) is 49.4 Å². The Hall–Kier alpha value is -2.46. The summed E-state index contributed by atoms with van der Waals surface area (Å²) in [6.45, 7) is 6.00. The Labute approximate surface area is 172 Å². The molecule has 1 atom stereocenters. The zero-order valence-corrected chi connectivity index (χ0v) is 18.0. The Balaban J connectivity index is 1.63. The van der Waals surface area contributed by atoms with Crippen molar-refractivity contribution < 1.29 is 17.7 Å². The number of anilines is 1. The molecule has 0 spiro atoms. The maximum Gasteiger partial charge on any atom is 0.278 e. The van der Waals surface area contributed by atoms with Crippen LogP contribution in [0.25, 0.3) is 10.6 Å². The molecule has 3 aromatic rings. The van der Waals surface area contributed by atoms with Crippen LogP contribution in [0.2, 0.25) is 0 Å². The molecule has 1 saturated heterocycles. The molecular formula is C19H22N4O4S2. The van der Waals surface area contributed by atoms with Crippen LogP contribution in [0.4, 0.5) is 5.88 Å². The van der Waals surface area contributed by atoms with E-state index in [-0.39, 0.29) is 34.5 Å². The lowest BCUT2D eigenvalue weighted by molar-refractivity contribution is 0.101. The van der Waals surface area contributed by atoms with E-state index in [1.165, 1.54) is 11.3 Å². The molecule has 3 aromatic heterocycles. The first kappa shape index (κ1) is 19.8. The zero-order valence-electron chi connectivity index (χ0n) is 16.4. The van der Waals surface area contributed by atoms with E-state index in [0.717, 1.165) is 16.3 Å². The monoisotopic (exact) mass is 434 g/mol. The Kier molecular flexibility index (Phi) is 4.86. The zero-order chi connectivity index (χ0) is 20.8. The Morgan fingerprint density at radius 1 is 1.34 bits per heavy atom. The smallest absolute Gasteiger partial charge is 0.278 e. The van der Waals surface area contributed by atoms with Gasteiger partial charge < -0.3 is 4.52 Å². The third-order valence-electron chi connectivity index (χ3n) is 4.81. The third-order valence-corrected chi connectivity index (χ3v) is 7.45. The molecule has 1 unspecified atom stereocenters. The van der Waals surface area contributed by atoms with Gasteiger partial charge >= 0.3 is 0 Å². The van der Waals surface area contributed by atoms with Crippen molar-refractivity contribution in [3.63, 3.8) is 0 Å². The molecule has 1 aliphatic heterocycles. The normalized spacial score (nSPS) is 18.8. The van der Waals surface area contributed by atoms with Gasteiger partial charge in [-0.2, -0.15) is 5.10 Å². The standard InChI is InChI=1S/C19H22N4O4S2/c1-19(2,3)16-10-17(27-22-16)20-18(24)13-9-14(15-5-4-7-28-15)23(21-13)12-6-8-29(25,26)11-12/h4-5,7,9-10,12H,6,8,11H2,1-3H3,(H,20,24). The molecule has 29 heavy (non-hydrogen) atoms. The quantitative estimate of drug-likeness (QED) is 0.673. The van der Waals surface area contributed by atoms with Crippen molar-refractivity contribution in [1.29, 1.82) is 0 Å². The van der Waals surface area contributed by atoms with Crippen molar-refractivity contribution in [1.82, 2.24) is 14.9 Å². The minimum atomic E-state index is -3.08. The van der Waals surface area contributed by atoms with E-state index in [1.54, 1.807) is 16.8 Å². The highest BCUT2D eigenvalue weighted by Gasteiger charge is 2.32. The van der Waals surface area contributed by atoms with E-state index in [2.05, 4.69) is 15.6 Å². The van der Waals surface area contributed by atoms with Gasteiger partial charge in [-0.1, -0.05) is 32.0 Å². The average molecular weight is 435 g/mol. The molecule has 1 fully saturated rings. The number of hydrogen-bond acceptors (Lipinski definition) is 7. The van der Waals surface area contributed by atoms with Gasteiger partial charge in [-0.3, -0.25) is 14.8 Å². The Bertz CT molecular complexity index is 1140. The van der Waals surface area contributed by atoms with Gasteiger partial charge in [0.1, 0.15) is 0 Å². The summed E-state index contributed by atoms with van der Waals surface area (Å²) in [4.78, 5) is 13.7. The van der Waals surface area contributed by atoms with Crippen LogP contribution in [0.5, 0.6) is 0 Å². The van der Waals surface area contributed by atoms with Crippen LogP contribution in [0, 0.1) is 0 Å². The highest BCUT2D eigenvalue weighted by atomic mass is 32.2. The second-order valence-corrected chi connectivity index (χ2v) is 11.4. The van der Waals surface area contributed by atoms with Crippen molar-refractivity contribution in [2.24, 2.45) is 0 Å². The van der Waals surface area contributed by atoms with E-state index >= 15 is 0 Å². The van der Waals surface area contributed by atoms with E-state index in [0.29, 0.717) is 6.42 Å². The summed E-state index contributed by atoms with van der Waals surface area (Å²) in [5.41, 5.74) is 1.47. The van der Waals surface area contributed by atoms with Crippen LogP contribution < -0.4 is 5.32 Å². The second-order valence-electron chi connectivity index (χ2n) is 8.17. The first-order valence-electron chi connectivity index (χ1n) is 9.25. The highest BCUT2D eigenvalue weighted by Crippen LogP contribution is 2.32. The molecule has 1 N–H and O–H groups in total. The first-order valence-corrected chi connectivity index (χ1v) is 11.9. The molecule has 0 bridgehead atoms. The molecular weight excluding hydrogens is 412 g/mol. The molecule has 0 aliphatic carbocycles. The van der Waals surface area contributed by atoms with Crippen LogP contribution in [-0.4, -0.2) is 40.8 Å². The third kappa shape index (κ3) is 4.13. The number of rotatable bonds is 4. The lowest BCUT2D eigenvalue weighted by Crippen LogP contribution is -2.16. The number of nitrogens with one attached hydrogen (secondary N) is 1. The number of aromatic nitrogens is 3. The number of sulfone groups is 1. The van der Waals surface area contributed by atoms with Crippen molar-refractivity contribution in [2.75, 3.05) is 16.8 Å². The molecule has 1 amide bonds. The predicted octanol–water partition coefficient (Wildman–Crippen LogP) is 3.51. The molecule has 1 aliphatic rings. The average Bonchev–Trinajstić information content (AvgIpc) is 3.39. The van der Waals surface area contributed by atoms with Crippen LogP contribution >= 0.6 is 11.3 Å². The molecule has 0 radical (unpaired) electrons. The second kappa shape index (κ2) is 7.10. The van der Waals surface area contributed by atoms with Gasteiger partial charge in [0.2, 0.25) is 5.88 Å². The molecule has 0 aromatic carbocycles. The van der Waals surface area contributed by atoms with Gasteiger partial charge in [-0.05, 0) is 23.9 Å². The van der Waals surface area contributed by atoms with Crippen LogP contribution in [0.15, 0.2) is 34.2 Å². The number of thiophene rings is 1. The lowest BCUT2D eigenvalue weighted by Gasteiger charge is -2.12. The largest absolute Gasteiger partial charge is 0.338 e. The van der Waals surface area contributed by atoms with Gasteiger partial charge in [0.25, 0.3) is 5.91 Å². The number of carbonyl (C=O) groups excluding carboxylic acids is 1. The minimum Gasteiger partial charge on any atom is -0.338 e. The number of nitrogens with zero attached hydrogens (tertiary/aromatic N) is 3. The Morgan fingerprint density at radius 2 is 2.14 bits per heavy atom.